The normalized spacial score (nSPS) is 13.9. The van der Waals surface area contributed by atoms with Crippen LogP contribution in [0.5, 0.6) is 0 Å². The lowest BCUT2D eigenvalue weighted by atomic mass is 9.99. The molecule has 2 aromatic carbocycles. The number of hydrogen-bond donors (Lipinski definition) is 2. The van der Waals surface area contributed by atoms with Crippen LogP contribution in [0.25, 0.3) is 0 Å². The van der Waals surface area contributed by atoms with Gasteiger partial charge in [-0.2, -0.15) is 0 Å². The quantitative estimate of drug-likeness (QED) is 0.790. The fourth-order valence-corrected chi connectivity index (χ4v) is 2.46. The maximum Gasteiger partial charge on any atom is 0.0790 e. The van der Waals surface area contributed by atoms with Crippen LogP contribution in [0.2, 0.25) is 10.0 Å². The van der Waals surface area contributed by atoms with Crippen LogP contribution in [0.3, 0.4) is 0 Å². The summed E-state index contributed by atoms with van der Waals surface area (Å²) in [7, 11) is 0. The molecule has 0 heterocycles. The van der Waals surface area contributed by atoms with Crippen molar-refractivity contribution in [3.05, 3.63) is 69.7 Å². The Bertz CT molecular complexity index is 501. The number of rotatable bonds is 6. The molecule has 21 heavy (non-hydrogen) atoms. The van der Waals surface area contributed by atoms with E-state index < -0.39 is 12.2 Å². The highest BCUT2D eigenvalue weighted by molar-refractivity contribution is 6.30. The van der Waals surface area contributed by atoms with Crippen molar-refractivity contribution in [1.29, 1.82) is 0 Å². The van der Waals surface area contributed by atoms with E-state index >= 15 is 0 Å². The molecule has 0 radical (unpaired) electrons. The zero-order valence-electron chi connectivity index (χ0n) is 11.5. The molecule has 2 rings (SSSR count). The number of halogens is 2. The summed E-state index contributed by atoms with van der Waals surface area (Å²) < 4.78 is 0. The molecule has 0 bridgehead atoms. The van der Waals surface area contributed by atoms with Crippen molar-refractivity contribution in [3.63, 3.8) is 0 Å². The van der Waals surface area contributed by atoms with Gasteiger partial charge in [-0.05, 0) is 54.7 Å². The molecular formula is C17H18Cl2O2. The van der Waals surface area contributed by atoms with E-state index in [-0.39, 0.29) is 0 Å². The monoisotopic (exact) mass is 324 g/mol. The summed E-state index contributed by atoms with van der Waals surface area (Å²) >= 11 is 11.6. The molecule has 0 spiro atoms. The van der Waals surface area contributed by atoms with Gasteiger partial charge in [-0.25, -0.2) is 0 Å². The van der Waals surface area contributed by atoms with Gasteiger partial charge in [-0.1, -0.05) is 47.5 Å². The fourth-order valence-electron chi connectivity index (χ4n) is 2.21. The largest absolute Gasteiger partial charge is 0.388 e. The molecule has 0 fully saturated rings. The third-order valence-electron chi connectivity index (χ3n) is 3.46. The summed E-state index contributed by atoms with van der Waals surface area (Å²) in [5.74, 6) is 0. The number of hydrogen-bond acceptors (Lipinski definition) is 2. The first-order chi connectivity index (χ1) is 10.1. The molecule has 0 amide bonds. The zero-order valence-corrected chi connectivity index (χ0v) is 13.1. The van der Waals surface area contributed by atoms with Gasteiger partial charge in [0.25, 0.3) is 0 Å². The van der Waals surface area contributed by atoms with E-state index in [1.165, 1.54) is 0 Å². The molecule has 0 aliphatic heterocycles. The Morgan fingerprint density at radius 1 is 0.667 bits per heavy atom. The Kier molecular flexibility index (Phi) is 6.07. The lowest BCUT2D eigenvalue weighted by Gasteiger charge is -2.14. The summed E-state index contributed by atoms with van der Waals surface area (Å²) in [5.41, 5.74) is 1.70. The minimum absolute atomic E-state index is 0.528. The molecule has 112 valence electrons. The SMILES string of the molecule is OC(CCCC(O)c1ccc(Cl)cc1)c1ccc(Cl)cc1. The fraction of sp³-hybridized carbons (Fsp3) is 0.294. The predicted octanol–water partition coefficient (Wildman–Crippen LogP) is 4.93. The van der Waals surface area contributed by atoms with Crippen molar-refractivity contribution < 1.29 is 10.2 Å². The van der Waals surface area contributed by atoms with E-state index in [4.69, 9.17) is 23.2 Å². The number of aliphatic hydroxyl groups excluding tert-OH is 2. The van der Waals surface area contributed by atoms with Gasteiger partial charge in [0.1, 0.15) is 0 Å². The second-order valence-electron chi connectivity index (χ2n) is 5.07. The van der Waals surface area contributed by atoms with Gasteiger partial charge >= 0.3 is 0 Å². The van der Waals surface area contributed by atoms with Gasteiger partial charge < -0.3 is 10.2 Å². The molecular weight excluding hydrogens is 307 g/mol. The average molecular weight is 325 g/mol. The third kappa shape index (κ3) is 5.01. The number of aliphatic hydroxyl groups is 2. The van der Waals surface area contributed by atoms with Crippen molar-refractivity contribution in [2.75, 3.05) is 0 Å². The van der Waals surface area contributed by atoms with Crippen LogP contribution in [-0.4, -0.2) is 10.2 Å². The molecule has 2 aromatic rings. The lowest BCUT2D eigenvalue weighted by Crippen LogP contribution is -2.01. The second-order valence-corrected chi connectivity index (χ2v) is 5.94. The van der Waals surface area contributed by atoms with Crippen LogP contribution in [0.1, 0.15) is 42.6 Å². The summed E-state index contributed by atoms with van der Waals surface area (Å²) in [5, 5.41) is 21.5. The molecule has 2 atom stereocenters. The van der Waals surface area contributed by atoms with E-state index in [1.54, 1.807) is 24.3 Å². The van der Waals surface area contributed by atoms with Gasteiger partial charge in [0.2, 0.25) is 0 Å². The molecule has 0 aromatic heterocycles. The van der Waals surface area contributed by atoms with E-state index in [0.717, 1.165) is 17.5 Å². The molecule has 0 saturated carbocycles. The maximum atomic E-state index is 10.1. The molecule has 0 aliphatic rings. The second kappa shape index (κ2) is 7.81. The smallest absolute Gasteiger partial charge is 0.0790 e. The molecule has 2 N–H and O–H groups in total. The standard InChI is InChI=1S/C17H18Cl2O2/c18-14-8-4-12(5-9-14)16(20)2-1-3-17(21)13-6-10-15(19)11-7-13/h4-11,16-17,20-21H,1-3H2. The van der Waals surface area contributed by atoms with Gasteiger partial charge in [0.05, 0.1) is 12.2 Å². The lowest BCUT2D eigenvalue weighted by molar-refractivity contribution is 0.135. The Morgan fingerprint density at radius 2 is 1.00 bits per heavy atom. The highest BCUT2D eigenvalue weighted by Gasteiger charge is 2.11. The van der Waals surface area contributed by atoms with Crippen molar-refractivity contribution in [2.24, 2.45) is 0 Å². The van der Waals surface area contributed by atoms with Crippen molar-refractivity contribution in [2.45, 2.75) is 31.5 Å². The maximum absolute atomic E-state index is 10.1. The van der Waals surface area contributed by atoms with Gasteiger partial charge in [0.15, 0.2) is 0 Å². The molecule has 4 heteroatoms. The first kappa shape index (κ1) is 16.3. The molecule has 0 saturated heterocycles. The minimum atomic E-state index is -0.528. The molecule has 2 unspecified atom stereocenters. The van der Waals surface area contributed by atoms with E-state index in [9.17, 15) is 10.2 Å². The summed E-state index contributed by atoms with van der Waals surface area (Å²) in [6.07, 6.45) is 0.881. The predicted molar refractivity (Wildman–Crippen MR) is 86.7 cm³/mol. The molecule has 2 nitrogen and oxygen atoms in total. The van der Waals surface area contributed by atoms with Crippen LogP contribution in [-0.2, 0) is 0 Å². The summed E-state index contributed by atoms with van der Waals surface area (Å²) in [6, 6.07) is 14.4. The van der Waals surface area contributed by atoms with Crippen molar-refractivity contribution in [1.82, 2.24) is 0 Å². The van der Waals surface area contributed by atoms with E-state index in [1.807, 2.05) is 24.3 Å². The van der Waals surface area contributed by atoms with Crippen LogP contribution in [0.15, 0.2) is 48.5 Å². The first-order valence-electron chi connectivity index (χ1n) is 6.93. The highest BCUT2D eigenvalue weighted by atomic mass is 35.5. The van der Waals surface area contributed by atoms with Gasteiger partial charge in [-0.3, -0.25) is 0 Å². The van der Waals surface area contributed by atoms with Gasteiger partial charge in [0, 0.05) is 10.0 Å². The highest BCUT2D eigenvalue weighted by Crippen LogP contribution is 2.25. The van der Waals surface area contributed by atoms with Crippen LogP contribution < -0.4 is 0 Å². The summed E-state index contributed by atoms with van der Waals surface area (Å²) in [6.45, 7) is 0. The Hall–Kier alpha value is -1.06. The Morgan fingerprint density at radius 3 is 1.33 bits per heavy atom. The van der Waals surface area contributed by atoms with E-state index in [0.29, 0.717) is 22.9 Å². The average Bonchev–Trinajstić information content (AvgIpc) is 2.48. The van der Waals surface area contributed by atoms with Crippen molar-refractivity contribution in [3.8, 4) is 0 Å². The van der Waals surface area contributed by atoms with E-state index in [2.05, 4.69) is 0 Å². The minimum Gasteiger partial charge on any atom is -0.388 e. The number of benzene rings is 2. The Labute approximate surface area is 135 Å². The van der Waals surface area contributed by atoms with Crippen LogP contribution in [0, 0.1) is 0 Å². The zero-order chi connectivity index (χ0) is 15.2. The van der Waals surface area contributed by atoms with Crippen molar-refractivity contribution >= 4 is 23.2 Å². The molecule has 0 aliphatic carbocycles. The Balaban J connectivity index is 1.80. The first-order valence-corrected chi connectivity index (χ1v) is 7.69. The van der Waals surface area contributed by atoms with Crippen LogP contribution >= 0.6 is 23.2 Å². The summed E-state index contributed by atoms with van der Waals surface area (Å²) in [4.78, 5) is 0. The van der Waals surface area contributed by atoms with Crippen LogP contribution in [0.4, 0.5) is 0 Å². The van der Waals surface area contributed by atoms with Gasteiger partial charge in [-0.15, -0.1) is 0 Å². The third-order valence-corrected chi connectivity index (χ3v) is 3.97. The topological polar surface area (TPSA) is 40.5 Å².